The van der Waals surface area contributed by atoms with Crippen LogP contribution in [0.15, 0.2) is 48.5 Å². The molecule has 0 aromatic heterocycles. The number of benzene rings is 2. The molecule has 5 heteroatoms. The number of hydrogen-bond donors (Lipinski definition) is 1. The topological polar surface area (TPSA) is 49.4 Å². The molecule has 30 heavy (non-hydrogen) atoms. The molecule has 2 aromatic rings. The summed E-state index contributed by atoms with van der Waals surface area (Å²) in [7, 11) is 4.01. The Morgan fingerprint density at radius 2 is 1.90 bits per heavy atom. The van der Waals surface area contributed by atoms with Gasteiger partial charge in [-0.25, -0.2) is 0 Å². The zero-order valence-electron chi connectivity index (χ0n) is 18.2. The summed E-state index contributed by atoms with van der Waals surface area (Å²) in [4.78, 5) is 26.8. The second-order valence-electron chi connectivity index (χ2n) is 8.69. The number of amides is 1. The number of likely N-dealkylation sites (N-methyl/N-ethyl adjacent to an activating group) is 1. The Balaban J connectivity index is 1.60. The molecule has 1 amide bonds. The summed E-state index contributed by atoms with van der Waals surface area (Å²) in [5.74, 6) is 0.222. The number of rotatable bonds is 9. The summed E-state index contributed by atoms with van der Waals surface area (Å²) in [6.07, 6.45) is 2.05. The molecule has 4 nitrogen and oxygen atoms in total. The first-order valence-corrected chi connectivity index (χ1v) is 10.9. The molecule has 1 saturated carbocycles. The van der Waals surface area contributed by atoms with Crippen molar-refractivity contribution >= 4 is 23.3 Å². The van der Waals surface area contributed by atoms with Crippen molar-refractivity contribution in [2.75, 3.05) is 20.6 Å². The molecule has 1 aliphatic rings. The van der Waals surface area contributed by atoms with Gasteiger partial charge in [-0.3, -0.25) is 9.59 Å². The van der Waals surface area contributed by atoms with Crippen molar-refractivity contribution in [2.24, 2.45) is 5.92 Å². The number of nitrogens with zero attached hydrogens (tertiary/aromatic N) is 1. The van der Waals surface area contributed by atoms with Gasteiger partial charge in [-0.15, -0.1) is 0 Å². The van der Waals surface area contributed by atoms with Gasteiger partial charge in [0, 0.05) is 40.9 Å². The fourth-order valence-electron chi connectivity index (χ4n) is 4.01. The van der Waals surface area contributed by atoms with Crippen LogP contribution >= 0.6 is 11.6 Å². The third kappa shape index (κ3) is 4.93. The van der Waals surface area contributed by atoms with Gasteiger partial charge >= 0.3 is 0 Å². The zero-order valence-corrected chi connectivity index (χ0v) is 19.0. The molecular weight excluding hydrogens is 396 g/mol. The van der Waals surface area contributed by atoms with Crippen LogP contribution in [0.1, 0.15) is 48.2 Å². The maximum absolute atomic E-state index is 12.8. The minimum absolute atomic E-state index is 0.0191. The summed E-state index contributed by atoms with van der Waals surface area (Å²) < 4.78 is 0. The number of Topliss-reactive ketones (excluding diaryl/α,β-unsaturated/α-hetero) is 1. The lowest BCUT2D eigenvalue weighted by atomic mass is 9.95. The van der Waals surface area contributed by atoms with E-state index in [2.05, 4.69) is 29.3 Å². The number of ketones is 1. The van der Waals surface area contributed by atoms with E-state index in [0.29, 0.717) is 30.0 Å². The van der Waals surface area contributed by atoms with Crippen LogP contribution < -0.4 is 5.32 Å². The Labute approximate surface area is 184 Å². The normalized spacial score (nSPS) is 21.3. The number of carbonyl (C=O) groups excluding carboxylic acids is 2. The fraction of sp³-hybridized carbons (Fsp3) is 0.440. The van der Waals surface area contributed by atoms with Gasteiger partial charge < -0.3 is 10.2 Å². The van der Waals surface area contributed by atoms with E-state index in [1.165, 1.54) is 5.56 Å². The third-order valence-corrected chi connectivity index (χ3v) is 6.73. The summed E-state index contributed by atoms with van der Waals surface area (Å²) in [5.41, 5.74) is 2.79. The van der Waals surface area contributed by atoms with Crippen LogP contribution in [-0.4, -0.2) is 43.3 Å². The van der Waals surface area contributed by atoms with E-state index in [0.717, 1.165) is 12.0 Å². The predicted octanol–water partition coefficient (Wildman–Crippen LogP) is 4.50. The molecule has 3 rings (SSSR count). The number of nitrogens with one attached hydrogen (secondary N) is 1. The molecule has 0 spiro atoms. The minimum atomic E-state index is -0.0656. The maximum Gasteiger partial charge on any atom is 0.224 e. The Kier molecular flexibility index (Phi) is 6.99. The monoisotopic (exact) mass is 426 g/mol. The van der Waals surface area contributed by atoms with Crippen LogP contribution in [-0.2, 0) is 16.6 Å². The van der Waals surface area contributed by atoms with Crippen molar-refractivity contribution in [1.29, 1.82) is 0 Å². The van der Waals surface area contributed by atoms with Crippen LogP contribution in [0.25, 0.3) is 0 Å². The van der Waals surface area contributed by atoms with Gasteiger partial charge in [-0.2, -0.15) is 0 Å². The first kappa shape index (κ1) is 22.5. The van der Waals surface area contributed by atoms with Gasteiger partial charge in [0.2, 0.25) is 5.91 Å². The van der Waals surface area contributed by atoms with Crippen LogP contribution in [0.5, 0.6) is 0 Å². The largest absolute Gasteiger partial charge is 0.354 e. The summed E-state index contributed by atoms with van der Waals surface area (Å²) in [5, 5.41) is 3.75. The van der Waals surface area contributed by atoms with E-state index in [4.69, 9.17) is 11.6 Å². The van der Waals surface area contributed by atoms with E-state index < -0.39 is 0 Å². The van der Waals surface area contributed by atoms with Crippen molar-refractivity contribution in [3.05, 3.63) is 70.2 Å². The number of halogens is 1. The van der Waals surface area contributed by atoms with Crippen molar-refractivity contribution in [1.82, 2.24) is 10.2 Å². The molecular formula is C25H31ClN2O2. The predicted molar refractivity (Wildman–Crippen MR) is 122 cm³/mol. The quantitative estimate of drug-likeness (QED) is 0.600. The molecule has 160 valence electrons. The van der Waals surface area contributed by atoms with Crippen molar-refractivity contribution in [2.45, 2.75) is 44.6 Å². The highest BCUT2D eigenvalue weighted by molar-refractivity contribution is 6.31. The van der Waals surface area contributed by atoms with Crippen LogP contribution in [0.2, 0.25) is 5.02 Å². The fourth-order valence-corrected chi connectivity index (χ4v) is 4.27. The first-order valence-electron chi connectivity index (χ1n) is 10.6. The van der Waals surface area contributed by atoms with Crippen LogP contribution in [0, 0.1) is 5.92 Å². The highest BCUT2D eigenvalue weighted by Gasteiger charge is 2.55. The van der Waals surface area contributed by atoms with Crippen LogP contribution in [0.3, 0.4) is 0 Å². The summed E-state index contributed by atoms with van der Waals surface area (Å²) >= 11 is 6.45. The van der Waals surface area contributed by atoms with Gasteiger partial charge in [0.15, 0.2) is 5.78 Å². The number of hydrogen-bond acceptors (Lipinski definition) is 3. The van der Waals surface area contributed by atoms with Crippen molar-refractivity contribution in [3.8, 4) is 0 Å². The average Bonchev–Trinajstić information content (AvgIpc) is 3.44. The molecule has 0 radical (unpaired) electrons. The Hall–Kier alpha value is -2.17. The second kappa shape index (κ2) is 9.32. The van der Waals surface area contributed by atoms with E-state index in [1.807, 2.05) is 51.4 Å². The lowest BCUT2D eigenvalue weighted by Crippen LogP contribution is -2.42. The molecule has 1 fully saturated rings. The average molecular weight is 427 g/mol. The first-order chi connectivity index (χ1) is 14.3. The Morgan fingerprint density at radius 3 is 2.50 bits per heavy atom. The molecule has 0 heterocycles. The Bertz CT molecular complexity index is 913. The van der Waals surface area contributed by atoms with Crippen LogP contribution in [0.4, 0.5) is 0 Å². The van der Waals surface area contributed by atoms with Gasteiger partial charge in [-0.1, -0.05) is 67.9 Å². The highest BCUT2D eigenvalue weighted by atomic mass is 35.5. The van der Waals surface area contributed by atoms with E-state index >= 15 is 0 Å². The Morgan fingerprint density at radius 1 is 1.20 bits per heavy atom. The molecule has 0 bridgehead atoms. The molecule has 2 aromatic carbocycles. The highest BCUT2D eigenvalue weighted by Crippen LogP contribution is 2.53. The lowest BCUT2D eigenvalue weighted by Gasteiger charge is -2.25. The zero-order chi connectivity index (χ0) is 21.9. The lowest BCUT2D eigenvalue weighted by molar-refractivity contribution is -0.122. The van der Waals surface area contributed by atoms with Gasteiger partial charge in [0.05, 0.1) is 0 Å². The second-order valence-corrected chi connectivity index (χ2v) is 9.10. The standard InChI is InChI=1S/C25H31ClN2O2/c1-5-23(29)18-12-11-17(22(26)14-18)13-20(28(3)4)16-27-24(30)21-15-25(21,2)19-9-7-6-8-10-19/h6-12,14,20-21H,5,13,15-16H2,1-4H3,(H,27,30)/t20-,21+,25+/m0/s1. The smallest absolute Gasteiger partial charge is 0.224 e. The molecule has 1 N–H and O–H groups in total. The van der Waals surface area contributed by atoms with Gasteiger partial charge in [0.25, 0.3) is 0 Å². The van der Waals surface area contributed by atoms with Gasteiger partial charge in [-0.05, 0) is 44.1 Å². The third-order valence-electron chi connectivity index (χ3n) is 6.38. The molecule has 0 aliphatic heterocycles. The SMILES string of the molecule is CCC(=O)c1ccc(C[C@@H](CNC(=O)[C@H]2C[C@]2(C)c2ccccc2)N(C)C)c(Cl)c1. The molecule has 3 atom stereocenters. The maximum atomic E-state index is 12.8. The van der Waals surface area contributed by atoms with Crippen molar-refractivity contribution < 1.29 is 9.59 Å². The summed E-state index contributed by atoms with van der Waals surface area (Å²) in [6, 6.07) is 15.9. The van der Waals surface area contributed by atoms with E-state index in [9.17, 15) is 9.59 Å². The molecule has 1 aliphatic carbocycles. The van der Waals surface area contributed by atoms with Crippen molar-refractivity contribution in [3.63, 3.8) is 0 Å². The minimum Gasteiger partial charge on any atom is -0.354 e. The summed E-state index contributed by atoms with van der Waals surface area (Å²) in [6.45, 7) is 4.56. The molecule has 0 saturated heterocycles. The van der Waals surface area contributed by atoms with Gasteiger partial charge in [0.1, 0.15) is 0 Å². The molecule has 0 unspecified atom stereocenters. The van der Waals surface area contributed by atoms with E-state index in [1.54, 1.807) is 6.07 Å². The van der Waals surface area contributed by atoms with E-state index in [-0.39, 0.29) is 29.1 Å². The number of carbonyl (C=O) groups is 2.